The predicted octanol–water partition coefficient (Wildman–Crippen LogP) is 3.69. The van der Waals surface area contributed by atoms with Crippen LogP contribution in [0.2, 0.25) is 5.02 Å². The molecule has 142 valence electrons. The summed E-state index contributed by atoms with van der Waals surface area (Å²) >= 11 is 6.22. The third kappa shape index (κ3) is 4.39. The van der Waals surface area contributed by atoms with Crippen LogP contribution in [0.5, 0.6) is 0 Å². The van der Waals surface area contributed by atoms with Gasteiger partial charge < -0.3 is 4.90 Å². The fraction of sp³-hybridized carbons (Fsp3) is 0.350. The number of halogens is 1. The van der Waals surface area contributed by atoms with E-state index in [9.17, 15) is 4.79 Å². The van der Waals surface area contributed by atoms with Gasteiger partial charge in [-0.25, -0.2) is 0 Å². The molecular formula is C20H24ClN5O. The monoisotopic (exact) mass is 385 g/mol. The minimum absolute atomic E-state index is 0.0627. The summed E-state index contributed by atoms with van der Waals surface area (Å²) in [6, 6.07) is 9.70. The van der Waals surface area contributed by atoms with Crippen LogP contribution in [0.1, 0.15) is 39.9 Å². The number of rotatable bonds is 6. The van der Waals surface area contributed by atoms with E-state index in [4.69, 9.17) is 11.6 Å². The van der Waals surface area contributed by atoms with E-state index in [2.05, 4.69) is 10.2 Å². The van der Waals surface area contributed by atoms with Crippen LogP contribution in [0.25, 0.3) is 0 Å². The zero-order valence-electron chi connectivity index (χ0n) is 16.1. The van der Waals surface area contributed by atoms with Gasteiger partial charge in [-0.15, -0.1) is 0 Å². The SMILES string of the molecule is CCn1cc(Cl)c(CN(C)C(=O)c2cccc(Cn3nc(C)cc3C)c2)n1. The van der Waals surface area contributed by atoms with Crippen LogP contribution < -0.4 is 0 Å². The molecule has 3 aromatic rings. The highest BCUT2D eigenvalue weighted by Gasteiger charge is 2.16. The van der Waals surface area contributed by atoms with Gasteiger partial charge >= 0.3 is 0 Å². The number of carbonyl (C=O) groups is 1. The molecule has 0 bridgehead atoms. The number of hydrogen-bond donors (Lipinski definition) is 0. The summed E-state index contributed by atoms with van der Waals surface area (Å²) in [5.74, 6) is -0.0627. The van der Waals surface area contributed by atoms with Crippen LogP contribution in [-0.4, -0.2) is 37.4 Å². The Morgan fingerprint density at radius 2 is 2.00 bits per heavy atom. The molecule has 0 aliphatic carbocycles. The molecule has 0 fully saturated rings. The number of nitrogens with zero attached hydrogens (tertiary/aromatic N) is 5. The lowest BCUT2D eigenvalue weighted by Gasteiger charge is -2.17. The lowest BCUT2D eigenvalue weighted by molar-refractivity contribution is 0.0783. The van der Waals surface area contributed by atoms with Crippen molar-refractivity contribution in [1.82, 2.24) is 24.5 Å². The van der Waals surface area contributed by atoms with Crippen LogP contribution >= 0.6 is 11.6 Å². The average Bonchev–Trinajstić information content (AvgIpc) is 3.15. The number of hydrogen-bond acceptors (Lipinski definition) is 3. The summed E-state index contributed by atoms with van der Waals surface area (Å²) < 4.78 is 3.71. The van der Waals surface area contributed by atoms with Gasteiger partial charge in [0.1, 0.15) is 5.69 Å². The molecule has 27 heavy (non-hydrogen) atoms. The molecule has 0 radical (unpaired) electrons. The van der Waals surface area contributed by atoms with Crippen LogP contribution in [0.3, 0.4) is 0 Å². The van der Waals surface area contributed by atoms with Crippen molar-refractivity contribution in [2.45, 2.75) is 40.4 Å². The molecule has 1 aromatic carbocycles. The number of aromatic nitrogens is 4. The summed E-state index contributed by atoms with van der Waals surface area (Å²) in [6.45, 7) is 7.75. The minimum atomic E-state index is -0.0627. The van der Waals surface area contributed by atoms with Crippen LogP contribution in [0.15, 0.2) is 36.5 Å². The van der Waals surface area contributed by atoms with E-state index < -0.39 is 0 Å². The highest BCUT2D eigenvalue weighted by Crippen LogP contribution is 2.17. The second kappa shape index (κ2) is 7.96. The highest BCUT2D eigenvalue weighted by atomic mass is 35.5. The van der Waals surface area contributed by atoms with Crippen molar-refractivity contribution in [1.29, 1.82) is 0 Å². The van der Waals surface area contributed by atoms with Gasteiger partial charge in [-0.3, -0.25) is 14.2 Å². The lowest BCUT2D eigenvalue weighted by Crippen LogP contribution is -2.26. The smallest absolute Gasteiger partial charge is 0.253 e. The van der Waals surface area contributed by atoms with Gasteiger partial charge in [0.05, 0.1) is 23.8 Å². The summed E-state index contributed by atoms with van der Waals surface area (Å²) in [6.07, 6.45) is 1.78. The zero-order valence-corrected chi connectivity index (χ0v) is 16.9. The molecule has 0 unspecified atom stereocenters. The fourth-order valence-electron chi connectivity index (χ4n) is 3.03. The van der Waals surface area contributed by atoms with E-state index in [0.717, 1.165) is 23.5 Å². The van der Waals surface area contributed by atoms with E-state index in [0.29, 0.717) is 29.4 Å². The molecule has 0 aliphatic heterocycles. The van der Waals surface area contributed by atoms with Crippen molar-refractivity contribution in [3.05, 3.63) is 69.8 Å². The van der Waals surface area contributed by atoms with E-state index >= 15 is 0 Å². The van der Waals surface area contributed by atoms with Crippen LogP contribution in [-0.2, 0) is 19.6 Å². The Kier molecular flexibility index (Phi) is 5.65. The summed E-state index contributed by atoms with van der Waals surface area (Å²) in [5.41, 5.74) is 4.47. The molecular weight excluding hydrogens is 362 g/mol. The lowest BCUT2D eigenvalue weighted by atomic mass is 10.1. The molecule has 2 heterocycles. The van der Waals surface area contributed by atoms with E-state index in [-0.39, 0.29) is 5.91 Å². The van der Waals surface area contributed by atoms with Gasteiger partial charge in [-0.2, -0.15) is 10.2 Å². The van der Waals surface area contributed by atoms with Crippen molar-refractivity contribution in [2.24, 2.45) is 0 Å². The standard InChI is InChI=1S/C20H24ClN5O/c1-5-25-12-18(21)19(23-25)13-24(4)20(27)17-8-6-7-16(10-17)11-26-15(3)9-14(2)22-26/h6-10,12H,5,11,13H2,1-4H3. The largest absolute Gasteiger partial charge is 0.336 e. The summed E-state index contributed by atoms with van der Waals surface area (Å²) in [7, 11) is 1.76. The topological polar surface area (TPSA) is 56.0 Å². The first kappa shape index (κ1) is 19.2. The van der Waals surface area contributed by atoms with Gasteiger partial charge in [-0.1, -0.05) is 23.7 Å². The van der Waals surface area contributed by atoms with Crippen LogP contribution in [0.4, 0.5) is 0 Å². The third-order valence-electron chi connectivity index (χ3n) is 4.45. The Bertz CT molecular complexity index is 959. The Labute approximate surface area is 164 Å². The van der Waals surface area contributed by atoms with Crippen molar-refractivity contribution in [2.75, 3.05) is 7.05 Å². The highest BCUT2D eigenvalue weighted by molar-refractivity contribution is 6.31. The Morgan fingerprint density at radius 3 is 2.63 bits per heavy atom. The van der Waals surface area contributed by atoms with Gasteiger partial charge in [0.2, 0.25) is 0 Å². The second-order valence-corrected chi connectivity index (χ2v) is 7.13. The molecule has 3 rings (SSSR count). The fourth-order valence-corrected chi connectivity index (χ4v) is 3.24. The first-order valence-corrected chi connectivity index (χ1v) is 9.32. The minimum Gasteiger partial charge on any atom is -0.336 e. The van der Waals surface area contributed by atoms with Gasteiger partial charge in [-0.05, 0) is 44.5 Å². The van der Waals surface area contributed by atoms with E-state index in [1.165, 1.54) is 0 Å². The quantitative estimate of drug-likeness (QED) is 0.650. The first-order valence-electron chi connectivity index (χ1n) is 8.94. The Morgan fingerprint density at radius 1 is 1.22 bits per heavy atom. The molecule has 7 heteroatoms. The number of amides is 1. The molecule has 6 nitrogen and oxygen atoms in total. The van der Waals surface area contributed by atoms with Crippen molar-refractivity contribution < 1.29 is 4.79 Å². The third-order valence-corrected chi connectivity index (χ3v) is 4.77. The van der Waals surface area contributed by atoms with E-state index in [1.807, 2.05) is 55.8 Å². The number of benzene rings is 1. The molecule has 0 saturated heterocycles. The molecule has 0 saturated carbocycles. The van der Waals surface area contributed by atoms with Gasteiger partial charge in [0, 0.05) is 31.0 Å². The molecule has 2 aromatic heterocycles. The molecule has 1 amide bonds. The summed E-state index contributed by atoms with van der Waals surface area (Å²) in [4.78, 5) is 14.5. The predicted molar refractivity (Wildman–Crippen MR) is 106 cm³/mol. The van der Waals surface area contributed by atoms with Crippen molar-refractivity contribution in [3.63, 3.8) is 0 Å². The number of aryl methyl sites for hydroxylation is 3. The number of carbonyl (C=O) groups excluding carboxylic acids is 1. The van der Waals surface area contributed by atoms with Crippen molar-refractivity contribution >= 4 is 17.5 Å². The van der Waals surface area contributed by atoms with E-state index in [1.54, 1.807) is 22.8 Å². The molecule has 0 spiro atoms. The Balaban J connectivity index is 1.74. The van der Waals surface area contributed by atoms with Gasteiger partial charge in [0.25, 0.3) is 5.91 Å². The second-order valence-electron chi connectivity index (χ2n) is 6.73. The van der Waals surface area contributed by atoms with Crippen LogP contribution in [0, 0.1) is 13.8 Å². The maximum Gasteiger partial charge on any atom is 0.253 e. The normalized spacial score (nSPS) is 11.0. The summed E-state index contributed by atoms with van der Waals surface area (Å²) in [5, 5.41) is 9.47. The average molecular weight is 386 g/mol. The van der Waals surface area contributed by atoms with Crippen molar-refractivity contribution in [3.8, 4) is 0 Å². The Hall–Kier alpha value is -2.60. The molecule has 0 atom stereocenters. The molecule has 0 aliphatic rings. The van der Waals surface area contributed by atoms with Gasteiger partial charge in [0.15, 0.2) is 0 Å². The first-order chi connectivity index (χ1) is 12.9. The maximum atomic E-state index is 12.8. The molecule has 0 N–H and O–H groups in total. The zero-order chi connectivity index (χ0) is 19.6. The maximum absolute atomic E-state index is 12.8.